The maximum absolute atomic E-state index is 13.6. The van der Waals surface area contributed by atoms with Gasteiger partial charge in [0.2, 0.25) is 10.0 Å². The molecule has 0 saturated carbocycles. The van der Waals surface area contributed by atoms with E-state index in [2.05, 4.69) is 39.8 Å². The van der Waals surface area contributed by atoms with Gasteiger partial charge in [0, 0.05) is 36.3 Å². The van der Waals surface area contributed by atoms with Crippen LogP contribution in [0.4, 0.5) is 5.82 Å². The highest BCUT2D eigenvalue weighted by molar-refractivity contribution is 9.10. The monoisotopic (exact) mass is 532 g/mol. The number of halogens is 1. The summed E-state index contributed by atoms with van der Waals surface area (Å²) in [6, 6.07) is 8.22. The smallest absolute Gasteiger partial charge is 0.243 e. The summed E-state index contributed by atoms with van der Waals surface area (Å²) in [4.78, 5) is 8.72. The summed E-state index contributed by atoms with van der Waals surface area (Å²) in [5.74, 6) is 1.06. The minimum atomic E-state index is -3.77. The fourth-order valence-corrected chi connectivity index (χ4v) is 6.60. The van der Waals surface area contributed by atoms with Crippen molar-refractivity contribution in [2.45, 2.75) is 44.2 Å². The second kappa shape index (κ2) is 8.11. The largest absolute Gasteiger partial charge is 0.504 e. The van der Waals surface area contributed by atoms with Crippen LogP contribution in [-0.2, 0) is 16.6 Å². The van der Waals surface area contributed by atoms with Crippen molar-refractivity contribution in [1.82, 2.24) is 13.9 Å². The molecule has 2 aromatic heterocycles. The highest BCUT2D eigenvalue weighted by Crippen LogP contribution is 2.43. The molecule has 5 rings (SSSR count). The Morgan fingerprint density at radius 2 is 2.12 bits per heavy atom. The SMILES string of the molecule is CC1(C)C=Nc2c(O)c3cc(S(=O)(=O)N4CCC[C@H]4COc4cccnc4Br)ccc3n2C1. The summed E-state index contributed by atoms with van der Waals surface area (Å²) >= 11 is 3.35. The van der Waals surface area contributed by atoms with Crippen molar-refractivity contribution in [3.63, 3.8) is 0 Å². The van der Waals surface area contributed by atoms with Crippen LogP contribution >= 0.6 is 15.9 Å². The van der Waals surface area contributed by atoms with Gasteiger partial charge in [0.1, 0.15) is 11.2 Å². The summed E-state index contributed by atoms with van der Waals surface area (Å²) in [6.07, 6.45) is 4.96. The first kappa shape index (κ1) is 22.4. The van der Waals surface area contributed by atoms with E-state index in [0.29, 0.717) is 34.6 Å². The van der Waals surface area contributed by atoms with Gasteiger partial charge in [-0.3, -0.25) is 0 Å². The van der Waals surface area contributed by atoms with Gasteiger partial charge in [0.05, 0.1) is 16.5 Å². The molecule has 1 N–H and O–H groups in total. The summed E-state index contributed by atoms with van der Waals surface area (Å²) in [6.45, 7) is 5.46. The van der Waals surface area contributed by atoms with Gasteiger partial charge in [-0.25, -0.2) is 18.4 Å². The standard InChI is InChI=1S/C23H25BrN4O4S/c1-23(2)13-26-22-20(29)17-11-16(7-8-18(17)27(22)14-23)33(30,31)28-10-4-5-15(28)12-32-19-6-3-9-25-21(19)24/h3,6-9,11,13,15,29H,4-5,10,12,14H2,1-2H3/t15-/m0/s1. The molecule has 174 valence electrons. The Morgan fingerprint density at radius 3 is 2.91 bits per heavy atom. The Hall–Kier alpha value is -2.43. The van der Waals surface area contributed by atoms with Crippen LogP contribution in [0.3, 0.4) is 0 Å². The van der Waals surface area contributed by atoms with Crippen LogP contribution in [0, 0.1) is 5.41 Å². The first-order valence-corrected chi connectivity index (χ1v) is 13.1. The molecule has 3 aromatic rings. The minimum absolute atomic E-state index is 0.0107. The number of ether oxygens (including phenoxy) is 1. The predicted octanol–water partition coefficient (Wildman–Crippen LogP) is 4.48. The zero-order chi connectivity index (χ0) is 23.4. The Balaban J connectivity index is 1.44. The van der Waals surface area contributed by atoms with Gasteiger partial charge in [0.15, 0.2) is 17.3 Å². The number of hydrogen-bond acceptors (Lipinski definition) is 6. The van der Waals surface area contributed by atoms with Crippen molar-refractivity contribution in [1.29, 1.82) is 0 Å². The Kier molecular flexibility index (Phi) is 5.49. The molecule has 2 aliphatic heterocycles. The molecule has 0 radical (unpaired) electrons. The molecule has 0 bridgehead atoms. The van der Waals surface area contributed by atoms with Gasteiger partial charge in [-0.2, -0.15) is 4.31 Å². The third-order valence-corrected chi connectivity index (χ3v) is 8.71. The molecule has 0 amide bonds. The van der Waals surface area contributed by atoms with Crippen LogP contribution in [-0.4, -0.2) is 52.8 Å². The number of aliphatic imine (C=N–C) groups is 1. The van der Waals surface area contributed by atoms with E-state index in [9.17, 15) is 13.5 Å². The van der Waals surface area contributed by atoms with E-state index in [1.807, 2.05) is 10.8 Å². The van der Waals surface area contributed by atoms with Gasteiger partial charge < -0.3 is 14.4 Å². The van der Waals surface area contributed by atoms with Crippen molar-refractivity contribution >= 4 is 48.9 Å². The van der Waals surface area contributed by atoms with E-state index in [4.69, 9.17) is 4.74 Å². The molecule has 1 saturated heterocycles. The topological polar surface area (TPSA) is 97.0 Å². The number of aromatic nitrogens is 2. The molecule has 0 unspecified atom stereocenters. The molecule has 33 heavy (non-hydrogen) atoms. The van der Waals surface area contributed by atoms with Crippen LogP contribution in [0.5, 0.6) is 11.5 Å². The van der Waals surface area contributed by atoms with Crippen molar-refractivity contribution in [3.8, 4) is 11.5 Å². The van der Waals surface area contributed by atoms with Crippen molar-refractivity contribution in [2.75, 3.05) is 13.2 Å². The fourth-order valence-electron chi connectivity index (χ4n) is 4.53. The average molecular weight is 533 g/mol. The van der Waals surface area contributed by atoms with E-state index in [0.717, 1.165) is 18.4 Å². The van der Waals surface area contributed by atoms with Gasteiger partial charge in [-0.1, -0.05) is 13.8 Å². The number of nitrogens with zero attached hydrogens (tertiary/aromatic N) is 4. The van der Waals surface area contributed by atoms with Crippen molar-refractivity contribution < 1.29 is 18.3 Å². The maximum Gasteiger partial charge on any atom is 0.243 e. The molecule has 0 spiro atoms. The summed E-state index contributed by atoms with van der Waals surface area (Å²) < 4.78 is 37.0. The molecule has 2 aliphatic rings. The molecular formula is C23H25BrN4O4S. The normalized spacial score (nSPS) is 20.3. The van der Waals surface area contributed by atoms with E-state index in [1.54, 1.807) is 36.5 Å². The van der Waals surface area contributed by atoms with Gasteiger partial charge >= 0.3 is 0 Å². The number of hydrogen-bond donors (Lipinski definition) is 1. The zero-order valence-corrected chi connectivity index (χ0v) is 20.8. The van der Waals surface area contributed by atoms with Gasteiger partial charge in [0.25, 0.3) is 0 Å². The second-order valence-corrected chi connectivity index (χ2v) is 11.8. The van der Waals surface area contributed by atoms with Crippen molar-refractivity contribution in [2.24, 2.45) is 10.4 Å². The van der Waals surface area contributed by atoms with Gasteiger partial charge in [-0.05, 0) is 59.1 Å². The second-order valence-electron chi connectivity index (χ2n) is 9.20. The fraction of sp³-hybridized carbons (Fsp3) is 0.391. The first-order valence-electron chi connectivity index (χ1n) is 10.8. The van der Waals surface area contributed by atoms with Crippen LogP contribution < -0.4 is 4.74 Å². The number of sulfonamides is 1. The molecule has 10 heteroatoms. The minimum Gasteiger partial charge on any atom is -0.504 e. The summed E-state index contributed by atoms with van der Waals surface area (Å²) in [5.41, 5.74) is 0.622. The molecular weight excluding hydrogens is 508 g/mol. The highest BCUT2D eigenvalue weighted by atomic mass is 79.9. The number of pyridine rings is 1. The lowest BCUT2D eigenvalue weighted by molar-refractivity contribution is 0.230. The highest BCUT2D eigenvalue weighted by Gasteiger charge is 2.36. The molecule has 1 atom stereocenters. The molecule has 8 nitrogen and oxygen atoms in total. The Morgan fingerprint density at radius 1 is 1.30 bits per heavy atom. The number of aromatic hydroxyl groups is 1. The van der Waals surface area contributed by atoms with E-state index < -0.39 is 10.0 Å². The molecule has 4 heterocycles. The molecule has 1 aromatic carbocycles. The van der Waals surface area contributed by atoms with E-state index in [1.165, 1.54) is 4.31 Å². The number of benzene rings is 1. The third kappa shape index (κ3) is 3.94. The van der Waals surface area contributed by atoms with Crippen LogP contribution in [0.1, 0.15) is 26.7 Å². The zero-order valence-electron chi connectivity index (χ0n) is 18.4. The Bertz CT molecular complexity index is 1370. The van der Waals surface area contributed by atoms with E-state index in [-0.39, 0.29) is 28.7 Å². The lowest BCUT2D eigenvalue weighted by atomic mass is 9.94. The number of rotatable bonds is 5. The van der Waals surface area contributed by atoms with Gasteiger partial charge in [-0.15, -0.1) is 0 Å². The maximum atomic E-state index is 13.6. The quantitative estimate of drug-likeness (QED) is 0.488. The summed E-state index contributed by atoms with van der Waals surface area (Å²) in [7, 11) is -3.77. The van der Waals surface area contributed by atoms with Crippen molar-refractivity contribution in [3.05, 3.63) is 41.1 Å². The Labute approximate surface area is 201 Å². The lowest BCUT2D eigenvalue weighted by Gasteiger charge is -2.25. The summed E-state index contributed by atoms with van der Waals surface area (Å²) in [5, 5.41) is 11.3. The third-order valence-electron chi connectivity index (χ3n) is 6.17. The number of fused-ring (bicyclic) bond motifs is 3. The molecule has 1 fully saturated rings. The van der Waals surface area contributed by atoms with Crippen LogP contribution in [0.25, 0.3) is 10.9 Å². The van der Waals surface area contributed by atoms with Crippen LogP contribution in [0.2, 0.25) is 0 Å². The molecule has 0 aliphatic carbocycles. The predicted molar refractivity (Wildman–Crippen MR) is 130 cm³/mol. The average Bonchev–Trinajstić information content (AvgIpc) is 3.36. The van der Waals surface area contributed by atoms with E-state index >= 15 is 0 Å². The lowest BCUT2D eigenvalue weighted by Crippen LogP contribution is -2.39. The van der Waals surface area contributed by atoms with Crippen LogP contribution in [0.15, 0.2) is 51.0 Å². The first-order chi connectivity index (χ1) is 15.7.